The molecule has 0 spiro atoms. The van der Waals surface area contributed by atoms with Crippen molar-refractivity contribution in [2.45, 2.75) is 24.5 Å². The van der Waals surface area contributed by atoms with Crippen molar-refractivity contribution in [3.05, 3.63) is 53.7 Å². The Morgan fingerprint density at radius 1 is 1.42 bits per heavy atom. The largest absolute Gasteiger partial charge is 0.466 e. The first-order chi connectivity index (χ1) is 9.27. The van der Waals surface area contributed by atoms with E-state index in [0.717, 1.165) is 5.69 Å². The molecule has 0 bridgehead atoms. The highest BCUT2D eigenvalue weighted by Crippen LogP contribution is 2.43. The topological polar surface area (TPSA) is 39.2 Å². The lowest BCUT2D eigenvalue weighted by atomic mass is 9.96. The van der Waals surface area contributed by atoms with Gasteiger partial charge < -0.3 is 4.74 Å². The molecule has 1 aromatic heterocycles. The van der Waals surface area contributed by atoms with Crippen LogP contribution in [-0.4, -0.2) is 17.6 Å². The molecule has 100 valence electrons. The summed E-state index contributed by atoms with van der Waals surface area (Å²) in [5.41, 5.74) is 0.977. The molecule has 0 radical (unpaired) electrons. The first-order valence-electron chi connectivity index (χ1n) is 6.36. The number of pyridine rings is 1. The van der Waals surface area contributed by atoms with Crippen molar-refractivity contribution in [1.29, 1.82) is 0 Å². The summed E-state index contributed by atoms with van der Waals surface area (Å²) in [5, 5.41) is 2.04. The van der Waals surface area contributed by atoms with Crippen molar-refractivity contribution in [3.8, 4) is 0 Å². The molecule has 0 N–H and O–H groups in total. The fourth-order valence-electron chi connectivity index (χ4n) is 2.01. The number of allylic oxidation sites excluding steroid dienone is 2. The van der Waals surface area contributed by atoms with E-state index in [1.807, 2.05) is 42.7 Å². The molecule has 4 heteroatoms. The van der Waals surface area contributed by atoms with Gasteiger partial charge >= 0.3 is 5.97 Å². The highest BCUT2D eigenvalue weighted by Gasteiger charge is 2.32. The third-order valence-electron chi connectivity index (χ3n) is 2.94. The lowest BCUT2D eigenvalue weighted by molar-refractivity contribution is -0.143. The van der Waals surface area contributed by atoms with Gasteiger partial charge in [0.1, 0.15) is 0 Å². The molecule has 0 aromatic carbocycles. The smallest absolute Gasteiger partial charge is 0.305 e. The average Bonchev–Trinajstić information content (AvgIpc) is 2.47. The van der Waals surface area contributed by atoms with E-state index < -0.39 is 0 Å². The number of hydrogen-bond acceptors (Lipinski definition) is 4. The summed E-state index contributed by atoms with van der Waals surface area (Å²) in [6.07, 6.45) is 8.99. The van der Waals surface area contributed by atoms with Gasteiger partial charge in [0.25, 0.3) is 0 Å². The second-order valence-electron chi connectivity index (χ2n) is 4.21. The normalized spacial score (nSPS) is 21.3. The van der Waals surface area contributed by atoms with Gasteiger partial charge in [-0.05, 0) is 30.9 Å². The predicted octanol–water partition coefficient (Wildman–Crippen LogP) is 3.44. The number of esters is 1. The monoisotopic (exact) mass is 275 g/mol. The van der Waals surface area contributed by atoms with E-state index in [9.17, 15) is 4.79 Å². The summed E-state index contributed by atoms with van der Waals surface area (Å²) in [4.78, 5) is 16.0. The zero-order valence-corrected chi connectivity index (χ0v) is 11.7. The van der Waals surface area contributed by atoms with Gasteiger partial charge in [-0.1, -0.05) is 24.3 Å². The van der Waals surface area contributed by atoms with E-state index in [1.165, 1.54) is 0 Å². The molecular weight excluding hydrogens is 258 g/mol. The molecule has 1 atom stereocenters. The van der Waals surface area contributed by atoms with Crippen molar-refractivity contribution in [2.75, 3.05) is 6.61 Å². The molecule has 3 nitrogen and oxygen atoms in total. The summed E-state index contributed by atoms with van der Waals surface area (Å²) in [7, 11) is 0. The average molecular weight is 275 g/mol. The molecule has 0 fully saturated rings. The fourth-order valence-corrected chi connectivity index (χ4v) is 3.04. The van der Waals surface area contributed by atoms with Gasteiger partial charge in [-0.3, -0.25) is 9.78 Å². The third kappa shape index (κ3) is 3.47. The zero-order valence-electron chi connectivity index (χ0n) is 10.9. The van der Waals surface area contributed by atoms with Crippen LogP contribution in [-0.2, 0) is 14.3 Å². The fraction of sp³-hybridized carbons (Fsp3) is 0.333. The van der Waals surface area contributed by atoms with E-state index in [4.69, 9.17) is 4.74 Å². The summed E-state index contributed by atoms with van der Waals surface area (Å²) in [5.74, 6) is -0.152. The highest BCUT2D eigenvalue weighted by atomic mass is 32.2. The molecule has 2 rings (SSSR count). The van der Waals surface area contributed by atoms with Crippen LogP contribution >= 0.6 is 11.8 Å². The van der Waals surface area contributed by atoms with Crippen LogP contribution in [0.2, 0.25) is 0 Å². The molecule has 1 aromatic rings. The number of carbonyl (C=O) groups excluding carboxylic acids is 1. The van der Waals surface area contributed by atoms with E-state index in [0.29, 0.717) is 19.4 Å². The maximum Gasteiger partial charge on any atom is 0.305 e. The van der Waals surface area contributed by atoms with Crippen molar-refractivity contribution in [2.24, 2.45) is 0 Å². The second kappa shape index (κ2) is 6.57. The van der Waals surface area contributed by atoms with Gasteiger partial charge in [0.15, 0.2) is 0 Å². The minimum atomic E-state index is -0.261. The number of ether oxygens (including phenoxy) is 1. The maximum absolute atomic E-state index is 11.6. The number of hydrogen-bond donors (Lipinski definition) is 0. The Kier molecular flexibility index (Phi) is 4.80. The number of aromatic nitrogens is 1. The minimum absolute atomic E-state index is 0.152. The molecule has 0 aliphatic carbocycles. The van der Waals surface area contributed by atoms with Gasteiger partial charge in [0.2, 0.25) is 0 Å². The molecule has 2 heterocycles. The lowest BCUT2D eigenvalue weighted by Gasteiger charge is -2.29. The first-order valence-corrected chi connectivity index (χ1v) is 7.24. The molecule has 1 unspecified atom stereocenters. The number of nitrogens with zero attached hydrogens (tertiary/aromatic N) is 1. The molecule has 0 amide bonds. The SMILES string of the molecule is CCOC(=O)CCC1(c2ccccn2)C=CC=CS1. The second-order valence-corrected chi connectivity index (χ2v) is 5.45. The van der Waals surface area contributed by atoms with Crippen LogP contribution in [0.15, 0.2) is 48.0 Å². The standard InChI is InChI=1S/C15H17NO2S/c1-2-18-14(17)8-10-15(9-4-6-12-19-15)13-7-3-5-11-16-13/h3-7,9,11-12H,2,8,10H2,1H3. The van der Waals surface area contributed by atoms with Crippen molar-refractivity contribution >= 4 is 17.7 Å². The van der Waals surface area contributed by atoms with Gasteiger partial charge in [-0.2, -0.15) is 0 Å². The van der Waals surface area contributed by atoms with Crippen LogP contribution in [0.1, 0.15) is 25.5 Å². The Bertz CT molecular complexity index is 484. The van der Waals surface area contributed by atoms with Gasteiger partial charge in [-0.25, -0.2) is 0 Å². The van der Waals surface area contributed by atoms with Gasteiger partial charge in [-0.15, -0.1) is 11.8 Å². The van der Waals surface area contributed by atoms with Crippen LogP contribution in [0.25, 0.3) is 0 Å². The van der Waals surface area contributed by atoms with E-state index in [1.54, 1.807) is 18.0 Å². The minimum Gasteiger partial charge on any atom is -0.466 e. The van der Waals surface area contributed by atoms with E-state index in [-0.39, 0.29) is 10.7 Å². The summed E-state index contributed by atoms with van der Waals surface area (Å²) in [6.45, 7) is 2.25. The Labute approximate surface area is 117 Å². The highest BCUT2D eigenvalue weighted by molar-refractivity contribution is 8.03. The number of carbonyl (C=O) groups is 1. The molecule has 0 saturated heterocycles. The van der Waals surface area contributed by atoms with Crippen molar-refractivity contribution < 1.29 is 9.53 Å². The Morgan fingerprint density at radius 2 is 2.32 bits per heavy atom. The molecule has 1 aliphatic rings. The van der Waals surface area contributed by atoms with Crippen LogP contribution in [0, 0.1) is 0 Å². The molecular formula is C15H17NO2S. The van der Waals surface area contributed by atoms with Crippen LogP contribution in [0.5, 0.6) is 0 Å². The van der Waals surface area contributed by atoms with E-state index >= 15 is 0 Å². The number of rotatable bonds is 5. The zero-order chi connectivity index (χ0) is 13.6. The predicted molar refractivity (Wildman–Crippen MR) is 77.7 cm³/mol. The lowest BCUT2D eigenvalue weighted by Crippen LogP contribution is -2.23. The van der Waals surface area contributed by atoms with E-state index in [2.05, 4.69) is 11.1 Å². The maximum atomic E-state index is 11.6. The Balaban J connectivity index is 2.15. The Morgan fingerprint density at radius 3 is 2.95 bits per heavy atom. The Hall–Kier alpha value is -1.55. The quantitative estimate of drug-likeness (QED) is 0.772. The molecule has 19 heavy (non-hydrogen) atoms. The summed E-state index contributed by atoms with van der Waals surface area (Å²) in [6, 6.07) is 5.87. The van der Waals surface area contributed by atoms with Crippen LogP contribution in [0.4, 0.5) is 0 Å². The van der Waals surface area contributed by atoms with Crippen molar-refractivity contribution in [3.63, 3.8) is 0 Å². The molecule has 0 saturated carbocycles. The van der Waals surface area contributed by atoms with Crippen LogP contribution in [0.3, 0.4) is 0 Å². The van der Waals surface area contributed by atoms with Crippen LogP contribution < -0.4 is 0 Å². The van der Waals surface area contributed by atoms with Gasteiger partial charge in [0.05, 0.1) is 17.0 Å². The first kappa shape index (κ1) is 13.9. The molecule has 1 aliphatic heterocycles. The van der Waals surface area contributed by atoms with Crippen molar-refractivity contribution in [1.82, 2.24) is 4.98 Å². The summed E-state index contributed by atoms with van der Waals surface area (Å²) < 4.78 is 4.74. The summed E-state index contributed by atoms with van der Waals surface area (Å²) >= 11 is 1.69. The number of thioether (sulfide) groups is 1. The third-order valence-corrected chi connectivity index (χ3v) is 4.20. The van der Waals surface area contributed by atoms with Gasteiger partial charge in [0, 0.05) is 12.6 Å².